The van der Waals surface area contributed by atoms with Gasteiger partial charge in [-0.3, -0.25) is 0 Å². The lowest BCUT2D eigenvalue weighted by Gasteiger charge is -2.18. The normalized spacial score (nSPS) is 12.2. The Kier molecular flexibility index (Phi) is 8.05. The molecule has 0 aliphatic rings. The van der Waals surface area contributed by atoms with Gasteiger partial charge in [0.2, 0.25) is 0 Å². The molecule has 0 aliphatic heterocycles. The molecule has 0 spiro atoms. The van der Waals surface area contributed by atoms with Crippen LogP contribution in [0.25, 0.3) is 22.3 Å². The molecule has 0 bridgehead atoms. The van der Waals surface area contributed by atoms with Gasteiger partial charge in [-0.1, -0.05) is 37.6 Å². The average molecular weight is 532 g/mol. The fourth-order valence-corrected chi connectivity index (χ4v) is 4.74. The number of aromatic nitrogens is 3. The quantitative estimate of drug-likeness (QED) is 0.172. The molecule has 2 aromatic heterocycles. The van der Waals surface area contributed by atoms with Gasteiger partial charge in [0.15, 0.2) is 11.6 Å². The van der Waals surface area contributed by atoms with E-state index in [4.69, 9.17) is 14.2 Å². The minimum atomic E-state index is -0.505. The second kappa shape index (κ2) is 11.8. The van der Waals surface area contributed by atoms with E-state index in [1.807, 2.05) is 18.2 Å². The molecular weight excluding hydrogens is 500 g/mol. The van der Waals surface area contributed by atoms with Crippen LogP contribution in [0, 0.1) is 18.6 Å². The molecule has 3 aromatic carbocycles. The highest BCUT2D eigenvalue weighted by atomic mass is 19.1. The Hall–Kier alpha value is -4.01. The maximum absolute atomic E-state index is 15.0. The Morgan fingerprint density at radius 3 is 2.69 bits per heavy atom. The molecule has 6 nitrogen and oxygen atoms in total. The number of H-pyrrole nitrogens is 2. The number of nitrogens with one attached hydrogen (secondary N) is 2. The predicted molar refractivity (Wildman–Crippen MR) is 147 cm³/mol. The van der Waals surface area contributed by atoms with E-state index in [9.17, 15) is 8.78 Å². The van der Waals surface area contributed by atoms with Crippen molar-refractivity contribution in [2.75, 3.05) is 20.3 Å². The number of aromatic amines is 2. The Morgan fingerprint density at radius 2 is 1.87 bits per heavy atom. The van der Waals surface area contributed by atoms with Crippen LogP contribution in [-0.4, -0.2) is 35.3 Å². The molecule has 0 aliphatic carbocycles. The molecule has 1 atom stereocenters. The van der Waals surface area contributed by atoms with Gasteiger partial charge in [0.1, 0.15) is 23.5 Å². The molecule has 0 radical (unpaired) electrons. The smallest absolute Gasteiger partial charge is 0.168 e. The van der Waals surface area contributed by atoms with Gasteiger partial charge in [-0.25, -0.2) is 13.8 Å². The van der Waals surface area contributed by atoms with E-state index in [-0.39, 0.29) is 11.3 Å². The lowest BCUT2D eigenvalue weighted by molar-refractivity contribution is 0.0339. The standard InChI is InChI=1S/C31H31F2N3O3/c1-4-6-20-7-5-8-21(15-20)30(38-14-13-37-3)28-18-35-31(36-28)24-16-22(9-10-25(24)32)39-29-19(2)23-11-12-34-27(23)17-26(29)33/h5,7-12,15-18,30,34H,4,6,13-14H2,1-3H3,(H,35,36). The van der Waals surface area contributed by atoms with E-state index >= 15 is 0 Å². The maximum atomic E-state index is 15.0. The summed E-state index contributed by atoms with van der Waals surface area (Å²) in [6.07, 6.45) is 4.95. The summed E-state index contributed by atoms with van der Waals surface area (Å²) in [6, 6.07) is 15.8. The molecular formula is C31H31F2N3O3. The van der Waals surface area contributed by atoms with Crippen LogP contribution in [0.15, 0.2) is 67.0 Å². The molecule has 8 heteroatoms. The van der Waals surface area contributed by atoms with Crippen molar-refractivity contribution in [2.24, 2.45) is 0 Å². The van der Waals surface area contributed by atoms with E-state index in [0.29, 0.717) is 41.6 Å². The van der Waals surface area contributed by atoms with Crippen molar-refractivity contribution < 1.29 is 23.0 Å². The summed E-state index contributed by atoms with van der Waals surface area (Å²) in [4.78, 5) is 10.7. The van der Waals surface area contributed by atoms with Crippen molar-refractivity contribution in [3.63, 3.8) is 0 Å². The van der Waals surface area contributed by atoms with Crippen LogP contribution >= 0.6 is 0 Å². The molecule has 0 fully saturated rings. The van der Waals surface area contributed by atoms with Crippen LogP contribution in [-0.2, 0) is 15.9 Å². The number of ether oxygens (including phenoxy) is 3. The molecule has 2 heterocycles. The molecule has 2 N–H and O–H groups in total. The van der Waals surface area contributed by atoms with Gasteiger partial charge in [0, 0.05) is 35.8 Å². The van der Waals surface area contributed by atoms with Crippen molar-refractivity contribution in [3.8, 4) is 22.9 Å². The van der Waals surface area contributed by atoms with Gasteiger partial charge in [0.25, 0.3) is 0 Å². The van der Waals surface area contributed by atoms with Crippen molar-refractivity contribution >= 4 is 10.9 Å². The molecule has 0 amide bonds. The Bertz CT molecular complexity index is 1580. The van der Waals surface area contributed by atoms with E-state index < -0.39 is 17.7 Å². The number of fused-ring (bicyclic) bond motifs is 1. The average Bonchev–Trinajstić information content (AvgIpc) is 3.61. The Balaban J connectivity index is 1.46. The van der Waals surface area contributed by atoms with E-state index in [2.05, 4.69) is 34.0 Å². The number of rotatable bonds is 11. The first-order chi connectivity index (χ1) is 19.0. The molecule has 1 unspecified atom stereocenters. The fraction of sp³-hybridized carbons (Fsp3) is 0.258. The topological polar surface area (TPSA) is 72.2 Å². The lowest BCUT2D eigenvalue weighted by atomic mass is 10.0. The molecule has 5 rings (SSSR count). The minimum absolute atomic E-state index is 0.0957. The number of methoxy groups -OCH3 is 1. The number of nitrogens with zero attached hydrogens (tertiary/aromatic N) is 1. The summed E-state index contributed by atoms with van der Waals surface area (Å²) in [7, 11) is 1.62. The number of benzene rings is 3. The van der Waals surface area contributed by atoms with Crippen LogP contribution in [0.4, 0.5) is 8.78 Å². The predicted octanol–water partition coefficient (Wildman–Crippen LogP) is 7.64. The number of hydrogen-bond acceptors (Lipinski definition) is 4. The first-order valence-corrected chi connectivity index (χ1v) is 13.0. The second-order valence-corrected chi connectivity index (χ2v) is 9.42. The highest BCUT2D eigenvalue weighted by Gasteiger charge is 2.21. The number of hydrogen-bond donors (Lipinski definition) is 2. The van der Waals surface area contributed by atoms with Crippen molar-refractivity contribution in [3.05, 3.63) is 101 Å². The van der Waals surface area contributed by atoms with Gasteiger partial charge >= 0.3 is 0 Å². The number of imidazole rings is 1. The largest absolute Gasteiger partial charge is 0.454 e. The van der Waals surface area contributed by atoms with Gasteiger partial charge in [0.05, 0.1) is 30.7 Å². The summed E-state index contributed by atoms with van der Waals surface area (Å²) < 4.78 is 47.1. The van der Waals surface area contributed by atoms with Crippen LogP contribution in [0.1, 0.15) is 41.8 Å². The summed E-state index contributed by atoms with van der Waals surface area (Å²) in [5, 5.41) is 0.854. The zero-order chi connectivity index (χ0) is 27.4. The fourth-order valence-electron chi connectivity index (χ4n) is 4.74. The van der Waals surface area contributed by atoms with Crippen LogP contribution in [0.2, 0.25) is 0 Å². The molecule has 5 aromatic rings. The third-order valence-electron chi connectivity index (χ3n) is 6.67. The highest BCUT2D eigenvalue weighted by Crippen LogP contribution is 2.36. The number of aryl methyl sites for hydroxylation is 2. The SMILES string of the molecule is CCCc1cccc(C(OCCOC)c2cnc(-c3cc(Oc4c(F)cc5[nH]ccc5c4C)ccc3F)[nH]2)c1. The van der Waals surface area contributed by atoms with Gasteiger partial charge in [-0.2, -0.15) is 0 Å². The first kappa shape index (κ1) is 26.6. The zero-order valence-corrected chi connectivity index (χ0v) is 22.2. The molecule has 39 heavy (non-hydrogen) atoms. The monoisotopic (exact) mass is 531 g/mol. The van der Waals surface area contributed by atoms with Gasteiger partial charge in [-0.15, -0.1) is 0 Å². The molecule has 0 saturated carbocycles. The van der Waals surface area contributed by atoms with Gasteiger partial charge < -0.3 is 24.2 Å². The lowest BCUT2D eigenvalue weighted by Crippen LogP contribution is -2.11. The van der Waals surface area contributed by atoms with E-state index in [1.165, 1.54) is 29.8 Å². The van der Waals surface area contributed by atoms with Crippen molar-refractivity contribution in [1.82, 2.24) is 15.0 Å². The van der Waals surface area contributed by atoms with E-state index in [0.717, 1.165) is 23.8 Å². The first-order valence-electron chi connectivity index (χ1n) is 13.0. The summed E-state index contributed by atoms with van der Waals surface area (Å²) in [5.74, 6) is -0.283. The van der Waals surface area contributed by atoms with Crippen molar-refractivity contribution in [2.45, 2.75) is 32.8 Å². The van der Waals surface area contributed by atoms with Crippen molar-refractivity contribution in [1.29, 1.82) is 0 Å². The minimum Gasteiger partial charge on any atom is -0.454 e. The molecule has 202 valence electrons. The maximum Gasteiger partial charge on any atom is 0.168 e. The Labute approximate surface area is 226 Å². The summed E-state index contributed by atoms with van der Waals surface area (Å²) >= 11 is 0. The van der Waals surface area contributed by atoms with E-state index in [1.54, 1.807) is 26.4 Å². The molecule has 0 saturated heterocycles. The second-order valence-electron chi connectivity index (χ2n) is 9.42. The highest BCUT2D eigenvalue weighted by molar-refractivity contribution is 5.85. The third kappa shape index (κ3) is 5.72. The third-order valence-corrected chi connectivity index (χ3v) is 6.67. The van der Waals surface area contributed by atoms with Crippen LogP contribution in [0.5, 0.6) is 11.5 Å². The number of halogens is 2. The summed E-state index contributed by atoms with van der Waals surface area (Å²) in [6.45, 7) is 4.74. The Morgan fingerprint density at radius 1 is 1.00 bits per heavy atom. The van der Waals surface area contributed by atoms with Gasteiger partial charge in [-0.05, 0) is 48.7 Å². The summed E-state index contributed by atoms with van der Waals surface area (Å²) in [5.41, 5.74) is 4.40. The van der Waals surface area contributed by atoms with Crippen LogP contribution < -0.4 is 4.74 Å². The zero-order valence-electron chi connectivity index (χ0n) is 22.2. The van der Waals surface area contributed by atoms with Crippen LogP contribution in [0.3, 0.4) is 0 Å².